The van der Waals surface area contributed by atoms with Crippen molar-refractivity contribution in [2.45, 2.75) is 68.0 Å². The third kappa shape index (κ3) is 7.05. The zero-order valence-corrected chi connectivity index (χ0v) is 22.9. The van der Waals surface area contributed by atoms with E-state index in [1.807, 2.05) is 6.19 Å². The first-order valence-corrected chi connectivity index (χ1v) is 14.9. The average molecular weight is 626 g/mol. The van der Waals surface area contributed by atoms with E-state index in [1.54, 1.807) is 6.92 Å². The van der Waals surface area contributed by atoms with E-state index < -0.39 is 75.3 Å². The highest BCUT2D eigenvalue weighted by molar-refractivity contribution is 8.45. The number of anilines is 1. The van der Waals surface area contributed by atoms with Crippen LogP contribution in [-0.4, -0.2) is 46.2 Å². The van der Waals surface area contributed by atoms with E-state index >= 15 is 0 Å². The van der Waals surface area contributed by atoms with Gasteiger partial charge in [-0.25, -0.2) is 13.2 Å². The number of carbonyl (C=O) groups is 2. The molecule has 42 heavy (non-hydrogen) atoms. The van der Waals surface area contributed by atoms with Gasteiger partial charge >= 0.3 is 10.2 Å². The molecule has 1 aromatic carbocycles. The number of likely N-dealkylation sites (tertiary alicyclic amines) is 1. The monoisotopic (exact) mass is 625 g/mol. The van der Waals surface area contributed by atoms with Crippen LogP contribution in [0.5, 0.6) is 0 Å². The Morgan fingerprint density at radius 3 is 2.29 bits per heavy atom. The molecule has 0 bridgehead atoms. The van der Waals surface area contributed by atoms with Crippen LogP contribution in [0, 0.1) is 23.2 Å². The Balaban J connectivity index is 1.82. The van der Waals surface area contributed by atoms with Crippen molar-refractivity contribution >= 4 is 27.7 Å². The summed E-state index contributed by atoms with van der Waals surface area (Å²) in [5.41, 5.74) is -0.657. The molecular weight excluding hydrogens is 598 g/mol. The molecule has 1 saturated carbocycles. The van der Waals surface area contributed by atoms with Gasteiger partial charge in [-0.3, -0.25) is 24.4 Å². The molecule has 2 heterocycles. The zero-order valence-electron chi connectivity index (χ0n) is 22.1. The maximum absolute atomic E-state index is 14.3. The molecule has 230 valence electrons. The number of nitrogens with one attached hydrogen (secondary N) is 1. The number of hydrogen-bond acceptors (Lipinski definition) is 5. The van der Waals surface area contributed by atoms with Crippen molar-refractivity contribution in [3.8, 4) is 6.19 Å². The van der Waals surface area contributed by atoms with Gasteiger partial charge in [0.05, 0.1) is 6.20 Å². The van der Waals surface area contributed by atoms with Gasteiger partial charge in [-0.05, 0) is 55.5 Å². The normalized spacial score (nSPS) is 23.3. The predicted octanol–water partition coefficient (Wildman–Crippen LogP) is 6.84. The number of nitriles is 1. The van der Waals surface area contributed by atoms with Gasteiger partial charge in [0.25, 0.3) is 5.91 Å². The van der Waals surface area contributed by atoms with E-state index in [2.05, 4.69) is 10.3 Å². The van der Waals surface area contributed by atoms with Crippen LogP contribution in [0.3, 0.4) is 0 Å². The lowest BCUT2D eigenvalue weighted by atomic mass is 9.91. The first kappa shape index (κ1) is 31.3. The molecule has 2 fully saturated rings. The van der Waals surface area contributed by atoms with E-state index in [0.29, 0.717) is 17.0 Å². The number of benzene rings is 1. The molecule has 16 heteroatoms. The molecule has 3 atom stereocenters. The van der Waals surface area contributed by atoms with Crippen LogP contribution in [0.4, 0.5) is 38.3 Å². The minimum absolute atomic E-state index is 0.0680. The minimum atomic E-state index is -10.1. The fraction of sp³-hybridized carbons (Fsp3) is 0.462. The lowest BCUT2D eigenvalue weighted by molar-refractivity contribution is -0.129. The quantitative estimate of drug-likeness (QED) is 0.269. The maximum atomic E-state index is 14.3. The zero-order chi connectivity index (χ0) is 31.2. The number of amides is 2. The van der Waals surface area contributed by atoms with Crippen molar-refractivity contribution in [1.29, 1.82) is 5.26 Å². The molecule has 2 aliphatic rings. The number of halogens is 8. The van der Waals surface area contributed by atoms with Crippen molar-refractivity contribution in [2.75, 3.05) is 11.4 Å². The molecule has 1 aromatic heterocycles. The molecule has 1 aliphatic heterocycles. The van der Waals surface area contributed by atoms with E-state index in [4.69, 9.17) is 0 Å². The Kier molecular flexibility index (Phi) is 7.67. The summed E-state index contributed by atoms with van der Waals surface area (Å²) in [6, 6.07) is -1.62. The van der Waals surface area contributed by atoms with Gasteiger partial charge in [-0.2, -0.15) is 5.26 Å². The fourth-order valence-electron chi connectivity index (χ4n) is 5.28. The van der Waals surface area contributed by atoms with Gasteiger partial charge in [0.1, 0.15) is 22.8 Å². The van der Waals surface area contributed by atoms with E-state index in [-0.39, 0.29) is 49.4 Å². The first-order chi connectivity index (χ1) is 19.3. The molecule has 0 radical (unpaired) electrons. The van der Waals surface area contributed by atoms with Crippen molar-refractivity contribution in [2.24, 2.45) is 5.92 Å². The second-order valence-electron chi connectivity index (χ2n) is 10.8. The van der Waals surface area contributed by atoms with Crippen LogP contribution in [0.2, 0.25) is 0 Å². The standard InChI is InChI=1S/C26H27F8N5O2S/c1-16-10-22(38(14-16)15-35)25(41)39(20-2-4-21(5-3-20)42(30,31,32,33)34)23(17-11-18(27)13-36-12-17)24(40)37-19-6-8-26(28,29)9-7-19/h2-5,11-13,16,19,22-23H,6-10,14H2,1H3,(H,37,40)/t16-,22+,23+/m0/s1. The third-order valence-corrected chi connectivity index (χ3v) is 8.50. The minimum Gasteiger partial charge on any atom is -0.351 e. The number of aromatic nitrogens is 1. The Hall–Kier alpha value is -3.61. The predicted molar refractivity (Wildman–Crippen MR) is 137 cm³/mol. The summed E-state index contributed by atoms with van der Waals surface area (Å²) in [5, 5.41) is 12.2. The van der Waals surface area contributed by atoms with Crippen LogP contribution in [0.25, 0.3) is 0 Å². The molecular formula is C26H27F8N5O2S. The molecule has 4 rings (SSSR count). The van der Waals surface area contributed by atoms with Gasteiger partial charge < -0.3 is 5.32 Å². The van der Waals surface area contributed by atoms with Gasteiger partial charge in [0, 0.05) is 42.9 Å². The lowest BCUT2D eigenvalue weighted by Gasteiger charge is -2.41. The molecule has 2 amide bonds. The lowest BCUT2D eigenvalue weighted by Crippen LogP contribution is -2.52. The topological polar surface area (TPSA) is 89.3 Å². The molecule has 1 aliphatic carbocycles. The number of carbonyl (C=O) groups excluding carboxylic acids is 2. The Morgan fingerprint density at radius 1 is 1.12 bits per heavy atom. The summed E-state index contributed by atoms with van der Waals surface area (Å²) in [5.74, 6) is -5.97. The molecule has 2 aromatic rings. The van der Waals surface area contributed by atoms with Crippen LogP contribution in [0.15, 0.2) is 47.6 Å². The van der Waals surface area contributed by atoms with Crippen LogP contribution in [-0.2, 0) is 9.59 Å². The smallest absolute Gasteiger partial charge is 0.310 e. The largest absolute Gasteiger partial charge is 0.351 e. The third-order valence-electron chi connectivity index (χ3n) is 7.33. The molecule has 1 N–H and O–H groups in total. The van der Waals surface area contributed by atoms with Crippen molar-refractivity contribution in [1.82, 2.24) is 15.2 Å². The number of hydrogen-bond donors (Lipinski definition) is 1. The Bertz CT molecular complexity index is 1390. The van der Waals surface area contributed by atoms with Gasteiger partial charge in [-0.15, -0.1) is 0 Å². The summed E-state index contributed by atoms with van der Waals surface area (Å²) < 4.78 is 109. The highest BCUT2D eigenvalue weighted by Gasteiger charge is 2.65. The van der Waals surface area contributed by atoms with Gasteiger partial charge in [-0.1, -0.05) is 26.4 Å². The second kappa shape index (κ2) is 10.3. The summed E-state index contributed by atoms with van der Waals surface area (Å²) in [4.78, 5) is 31.1. The Morgan fingerprint density at radius 2 is 1.74 bits per heavy atom. The summed E-state index contributed by atoms with van der Waals surface area (Å²) in [6.45, 7) is 1.89. The van der Waals surface area contributed by atoms with Crippen LogP contribution < -0.4 is 10.2 Å². The number of rotatable bonds is 7. The molecule has 7 nitrogen and oxygen atoms in total. The Labute approximate surface area is 236 Å². The summed E-state index contributed by atoms with van der Waals surface area (Å²) in [6.07, 6.45) is 2.50. The van der Waals surface area contributed by atoms with Gasteiger partial charge in [0.15, 0.2) is 6.19 Å². The molecule has 0 spiro atoms. The SMILES string of the molecule is C[C@H]1C[C@H](C(=O)N(c2ccc(S(F)(F)(F)(F)F)cc2)[C@@H](C(=O)NC2CCC(F)(F)CC2)c2cncc(F)c2)N(C#N)C1. The maximum Gasteiger partial charge on any atom is 0.310 e. The van der Waals surface area contributed by atoms with E-state index in [1.165, 1.54) is 0 Å². The van der Waals surface area contributed by atoms with E-state index in [0.717, 1.165) is 23.4 Å². The number of alkyl halides is 2. The van der Waals surface area contributed by atoms with Crippen molar-refractivity contribution in [3.63, 3.8) is 0 Å². The fourth-order valence-corrected chi connectivity index (χ4v) is 5.93. The van der Waals surface area contributed by atoms with E-state index in [9.17, 15) is 47.5 Å². The number of pyridine rings is 1. The molecule has 0 unspecified atom stereocenters. The van der Waals surface area contributed by atoms with Crippen LogP contribution in [0.1, 0.15) is 50.6 Å². The van der Waals surface area contributed by atoms with Crippen molar-refractivity contribution in [3.05, 3.63) is 54.1 Å². The summed E-state index contributed by atoms with van der Waals surface area (Å²) in [7, 11) is -10.1. The highest BCUT2D eigenvalue weighted by Crippen LogP contribution is 3.02. The van der Waals surface area contributed by atoms with Crippen LogP contribution >= 0.6 is 10.2 Å². The average Bonchev–Trinajstić information content (AvgIpc) is 3.27. The van der Waals surface area contributed by atoms with Crippen molar-refractivity contribution < 1.29 is 42.2 Å². The highest BCUT2D eigenvalue weighted by atomic mass is 32.5. The van der Waals surface area contributed by atoms with Gasteiger partial charge in [0.2, 0.25) is 11.8 Å². The first-order valence-electron chi connectivity index (χ1n) is 12.9. The summed E-state index contributed by atoms with van der Waals surface area (Å²) >= 11 is 0. The second-order valence-corrected chi connectivity index (χ2v) is 13.2. The number of nitrogens with zero attached hydrogens (tertiary/aromatic N) is 4. The molecule has 1 saturated heterocycles.